The molecule has 0 radical (unpaired) electrons. The summed E-state index contributed by atoms with van der Waals surface area (Å²) in [5.41, 5.74) is 0.752. The van der Waals surface area contributed by atoms with E-state index in [0.29, 0.717) is 42.4 Å². The van der Waals surface area contributed by atoms with Crippen molar-refractivity contribution in [3.05, 3.63) is 35.2 Å². The summed E-state index contributed by atoms with van der Waals surface area (Å²) in [6.07, 6.45) is 7.14. The lowest BCUT2D eigenvalue weighted by molar-refractivity contribution is -0.00543. The third-order valence-electron chi connectivity index (χ3n) is 6.24. The molecule has 1 aliphatic rings. The van der Waals surface area contributed by atoms with Crippen molar-refractivity contribution in [3.63, 3.8) is 0 Å². The van der Waals surface area contributed by atoms with E-state index < -0.39 is 11.5 Å². The molecule has 2 N–H and O–H groups in total. The van der Waals surface area contributed by atoms with Crippen molar-refractivity contribution in [2.75, 3.05) is 13.7 Å². The van der Waals surface area contributed by atoms with Gasteiger partial charge >= 0.3 is 0 Å². The van der Waals surface area contributed by atoms with Gasteiger partial charge in [-0.1, -0.05) is 27.2 Å². The molecule has 1 saturated carbocycles. The van der Waals surface area contributed by atoms with Crippen LogP contribution in [-0.4, -0.2) is 44.8 Å². The number of imidazole rings is 1. The van der Waals surface area contributed by atoms with Crippen molar-refractivity contribution < 1.29 is 14.6 Å². The van der Waals surface area contributed by atoms with E-state index in [2.05, 4.69) is 35.2 Å². The van der Waals surface area contributed by atoms with E-state index in [1.807, 2.05) is 13.0 Å². The maximum Gasteiger partial charge on any atom is 0.273 e. The fourth-order valence-electron chi connectivity index (χ4n) is 4.22. The number of aliphatic hydroxyl groups is 1. The minimum absolute atomic E-state index is 0.0526. The summed E-state index contributed by atoms with van der Waals surface area (Å²) >= 11 is 0. The number of carbonyl (C=O) groups excluding carboxylic acids is 1. The predicted octanol–water partition coefficient (Wildman–Crippen LogP) is 3.33. The third kappa shape index (κ3) is 4.94. The SMILES string of the molecule is CCCc1cc(OC)c(-n2c(CC)nc(C(=O)NCC3(O)CCC(C)CC3)c2C#N)cn1. The fraction of sp³-hybridized carbons (Fsp3) is 0.583. The van der Waals surface area contributed by atoms with Gasteiger partial charge in [0.1, 0.15) is 23.3 Å². The molecule has 0 aliphatic heterocycles. The zero-order valence-corrected chi connectivity index (χ0v) is 19.4. The van der Waals surface area contributed by atoms with E-state index in [1.54, 1.807) is 17.9 Å². The Morgan fingerprint density at radius 3 is 2.72 bits per heavy atom. The van der Waals surface area contributed by atoms with Gasteiger partial charge in [-0.2, -0.15) is 5.26 Å². The molecule has 1 aliphatic carbocycles. The van der Waals surface area contributed by atoms with Gasteiger partial charge in [0.15, 0.2) is 11.4 Å². The molecule has 0 atom stereocenters. The first kappa shape index (κ1) is 23.7. The Bertz CT molecular complexity index is 1000. The largest absolute Gasteiger partial charge is 0.494 e. The summed E-state index contributed by atoms with van der Waals surface area (Å²) in [7, 11) is 1.57. The van der Waals surface area contributed by atoms with Gasteiger partial charge in [-0.15, -0.1) is 0 Å². The number of pyridine rings is 1. The van der Waals surface area contributed by atoms with Crippen LogP contribution in [0.5, 0.6) is 5.75 Å². The van der Waals surface area contributed by atoms with E-state index in [4.69, 9.17) is 4.74 Å². The highest BCUT2D eigenvalue weighted by Crippen LogP contribution is 2.32. The molecule has 0 saturated heterocycles. The number of nitriles is 1. The second-order valence-electron chi connectivity index (χ2n) is 8.71. The molecule has 8 heteroatoms. The molecule has 1 amide bonds. The average molecular weight is 440 g/mol. The summed E-state index contributed by atoms with van der Waals surface area (Å²) in [5, 5.41) is 23.5. The molecule has 2 heterocycles. The third-order valence-corrected chi connectivity index (χ3v) is 6.24. The molecule has 3 rings (SSSR count). The molecule has 2 aromatic rings. The Morgan fingerprint density at radius 2 is 2.12 bits per heavy atom. The Morgan fingerprint density at radius 1 is 1.41 bits per heavy atom. The topological polar surface area (TPSA) is 113 Å². The summed E-state index contributed by atoms with van der Waals surface area (Å²) in [6, 6.07) is 4.00. The number of methoxy groups -OCH3 is 1. The smallest absolute Gasteiger partial charge is 0.273 e. The molecule has 8 nitrogen and oxygen atoms in total. The van der Waals surface area contributed by atoms with E-state index >= 15 is 0 Å². The average Bonchev–Trinajstić information content (AvgIpc) is 3.18. The number of amides is 1. The number of ether oxygens (including phenoxy) is 1. The molecule has 0 spiro atoms. The van der Waals surface area contributed by atoms with Crippen LogP contribution in [0.2, 0.25) is 0 Å². The highest BCUT2D eigenvalue weighted by Gasteiger charge is 2.33. The van der Waals surface area contributed by atoms with Gasteiger partial charge in [0.05, 0.1) is 18.9 Å². The Balaban J connectivity index is 1.92. The maximum atomic E-state index is 13.0. The van der Waals surface area contributed by atoms with Crippen LogP contribution < -0.4 is 10.1 Å². The summed E-state index contributed by atoms with van der Waals surface area (Å²) in [6.45, 7) is 6.32. The van der Waals surface area contributed by atoms with Crippen LogP contribution >= 0.6 is 0 Å². The monoisotopic (exact) mass is 439 g/mol. The Hall–Kier alpha value is -2.92. The lowest BCUT2D eigenvalue weighted by Crippen LogP contribution is -2.45. The number of hydrogen-bond donors (Lipinski definition) is 2. The fourth-order valence-corrected chi connectivity index (χ4v) is 4.22. The number of hydrogen-bond acceptors (Lipinski definition) is 6. The lowest BCUT2D eigenvalue weighted by Gasteiger charge is -2.34. The highest BCUT2D eigenvalue weighted by molar-refractivity contribution is 5.94. The lowest BCUT2D eigenvalue weighted by atomic mass is 9.79. The van der Waals surface area contributed by atoms with Crippen LogP contribution in [-0.2, 0) is 12.8 Å². The number of carbonyl (C=O) groups is 1. The van der Waals surface area contributed by atoms with Crippen LogP contribution in [0.15, 0.2) is 12.3 Å². The number of aryl methyl sites for hydroxylation is 2. The van der Waals surface area contributed by atoms with Crippen molar-refractivity contribution in [3.8, 4) is 17.5 Å². The molecule has 2 aromatic heterocycles. The standard InChI is InChI=1S/C24H33N5O3/c1-5-7-17-12-20(32-4)19(14-26-17)29-18(13-25)22(28-21(29)6-2)23(30)27-15-24(31)10-8-16(3)9-11-24/h12,14,16,31H,5-11,15H2,1-4H3,(H,27,30). The second kappa shape index (κ2) is 10.1. The first-order chi connectivity index (χ1) is 15.4. The second-order valence-corrected chi connectivity index (χ2v) is 8.71. The molecular weight excluding hydrogens is 406 g/mol. The molecular formula is C24H33N5O3. The highest BCUT2D eigenvalue weighted by atomic mass is 16.5. The van der Waals surface area contributed by atoms with E-state index in [1.165, 1.54) is 0 Å². The van der Waals surface area contributed by atoms with Crippen molar-refractivity contribution in [1.29, 1.82) is 5.26 Å². The van der Waals surface area contributed by atoms with Crippen molar-refractivity contribution in [2.24, 2.45) is 5.92 Å². The van der Waals surface area contributed by atoms with E-state index in [9.17, 15) is 15.2 Å². The van der Waals surface area contributed by atoms with Gasteiger partial charge in [-0.05, 0) is 38.0 Å². The van der Waals surface area contributed by atoms with E-state index in [-0.39, 0.29) is 17.9 Å². The Kier molecular flexibility index (Phi) is 7.52. The molecule has 1 fully saturated rings. The first-order valence-electron chi connectivity index (χ1n) is 11.4. The van der Waals surface area contributed by atoms with Crippen LogP contribution in [0.25, 0.3) is 5.69 Å². The maximum absolute atomic E-state index is 13.0. The predicted molar refractivity (Wildman–Crippen MR) is 121 cm³/mol. The summed E-state index contributed by atoms with van der Waals surface area (Å²) in [5.74, 6) is 1.27. The van der Waals surface area contributed by atoms with Gasteiger partial charge in [-0.3, -0.25) is 14.3 Å². The molecule has 32 heavy (non-hydrogen) atoms. The van der Waals surface area contributed by atoms with E-state index in [0.717, 1.165) is 31.4 Å². The first-order valence-corrected chi connectivity index (χ1v) is 11.4. The zero-order valence-electron chi connectivity index (χ0n) is 19.4. The van der Waals surface area contributed by atoms with Gasteiger partial charge in [-0.25, -0.2) is 4.98 Å². The van der Waals surface area contributed by atoms with Crippen LogP contribution in [0.3, 0.4) is 0 Å². The minimum Gasteiger partial charge on any atom is -0.494 e. The molecule has 0 unspecified atom stereocenters. The van der Waals surface area contributed by atoms with Gasteiger partial charge in [0, 0.05) is 24.7 Å². The van der Waals surface area contributed by atoms with Crippen LogP contribution in [0, 0.1) is 17.2 Å². The summed E-state index contributed by atoms with van der Waals surface area (Å²) in [4.78, 5) is 22.0. The van der Waals surface area contributed by atoms with Crippen molar-refractivity contribution in [1.82, 2.24) is 19.9 Å². The number of aromatic nitrogens is 3. The van der Waals surface area contributed by atoms with Gasteiger partial charge < -0.3 is 15.2 Å². The van der Waals surface area contributed by atoms with Gasteiger partial charge in [0.2, 0.25) is 0 Å². The van der Waals surface area contributed by atoms with Gasteiger partial charge in [0.25, 0.3) is 5.91 Å². The number of nitrogens with zero attached hydrogens (tertiary/aromatic N) is 4. The minimum atomic E-state index is -0.909. The summed E-state index contributed by atoms with van der Waals surface area (Å²) < 4.78 is 7.22. The van der Waals surface area contributed by atoms with Crippen molar-refractivity contribution >= 4 is 5.91 Å². The number of nitrogens with one attached hydrogen (secondary N) is 1. The van der Waals surface area contributed by atoms with Crippen LogP contribution in [0.4, 0.5) is 0 Å². The Labute approximate surface area is 189 Å². The normalized spacial score (nSPS) is 20.6. The quantitative estimate of drug-likeness (QED) is 0.652. The van der Waals surface area contributed by atoms with Crippen LogP contribution in [0.1, 0.15) is 80.6 Å². The molecule has 0 bridgehead atoms. The molecule has 0 aromatic carbocycles. The molecule has 172 valence electrons. The van der Waals surface area contributed by atoms with Crippen molar-refractivity contribution in [2.45, 2.75) is 71.3 Å². The zero-order chi connectivity index (χ0) is 23.3. The number of rotatable bonds is 8.